The van der Waals surface area contributed by atoms with E-state index in [0.717, 1.165) is 38.7 Å². The molecule has 0 radical (unpaired) electrons. The second-order valence-corrected chi connectivity index (χ2v) is 6.73. The summed E-state index contributed by atoms with van der Waals surface area (Å²) in [6.07, 6.45) is 0. The van der Waals surface area contributed by atoms with E-state index in [1.807, 2.05) is 61.5 Å². The number of anilines is 2. The number of rotatable bonds is 1. The molecule has 1 aliphatic rings. The second kappa shape index (κ2) is 5.04. The van der Waals surface area contributed by atoms with Crippen molar-refractivity contribution in [3.63, 3.8) is 0 Å². The van der Waals surface area contributed by atoms with E-state index >= 15 is 0 Å². The Balaban J connectivity index is 1.87. The molecular formula is C21H13ClN2O. The Morgan fingerprint density at radius 3 is 2.56 bits per heavy atom. The van der Waals surface area contributed by atoms with Crippen LogP contribution in [-0.4, -0.2) is 10.9 Å². The summed E-state index contributed by atoms with van der Waals surface area (Å²) < 4.78 is 0. The van der Waals surface area contributed by atoms with Crippen molar-refractivity contribution in [1.29, 1.82) is 0 Å². The minimum atomic E-state index is -0.0373. The highest BCUT2D eigenvalue weighted by Gasteiger charge is 2.33. The number of pyridine rings is 1. The van der Waals surface area contributed by atoms with E-state index in [4.69, 9.17) is 16.6 Å². The third-order valence-electron chi connectivity index (χ3n) is 4.69. The average Bonchev–Trinajstić information content (AvgIpc) is 2.91. The molecule has 0 saturated carbocycles. The van der Waals surface area contributed by atoms with Gasteiger partial charge in [0, 0.05) is 21.5 Å². The van der Waals surface area contributed by atoms with Crippen molar-refractivity contribution >= 4 is 50.7 Å². The van der Waals surface area contributed by atoms with Crippen LogP contribution in [0.5, 0.6) is 0 Å². The van der Waals surface area contributed by atoms with Crippen LogP contribution in [0.3, 0.4) is 0 Å². The Hall–Kier alpha value is -2.91. The number of amides is 1. The highest BCUT2D eigenvalue weighted by Crippen LogP contribution is 2.44. The SMILES string of the molecule is Cc1ccc(N2C(=O)c3c4cc(Cl)ccc4nc4cccc2c34)cc1. The van der Waals surface area contributed by atoms with Crippen LogP contribution in [0.2, 0.25) is 5.02 Å². The van der Waals surface area contributed by atoms with Gasteiger partial charge in [0.15, 0.2) is 0 Å². The molecule has 4 heteroatoms. The summed E-state index contributed by atoms with van der Waals surface area (Å²) in [5.74, 6) is -0.0373. The molecule has 0 unspecified atom stereocenters. The molecular weight excluding hydrogens is 332 g/mol. The van der Waals surface area contributed by atoms with Crippen molar-refractivity contribution in [2.24, 2.45) is 0 Å². The van der Waals surface area contributed by atoms with Gasteiger partial charge in [0.25, 0.3) is 5.91 Å². The smallest absolute Gasteiger partial charge is 0.264 e. The summed E-state index contributed by atoms with van der Waals surface area (Å²) in [6.45, 7) is 2.03. The highest BCUT2D eigenvalue weighted by molar-refractivity contribution is 6.34. The van der Waals surface area contributed by atoms with Gasteiger partial charge in [-0.05, 0) is 49.4 Å². The molecule has 0 N–H and O–H groups in total. The van der Waals surface area contributed by atoms with Crippen LogP contribution >= 0.6 is 11.6 Å². The van der Waals surface area contributed by atoms with Crippen molar-refractivity contribution in [3.8, 4) is 0 Å². The van der Waals surface area contributed by atoms with E-state index in [1.165, 1.54) is 0 Å². The molecule has 3 aromatic carbocycles. The van der Waals surface area contributed by atoms with Crippen molar-refractivity contribution in [3.05, 3.63) is 76.8 Å². The third kappa shape index (κ3) is 1.99. The van der Waals surface area contributed by atoms with Gasteiger partial charge in [-0.25, -0.2) is 4.98 Å². The van der Waals surface area contributed by atoms with E-state index in [-0.39, 0.29) is 5.91 Å². The van der Waals surface area contributed by atoms with Gasteiger partial charge in [0.1, 0.15) is 0 Å². The molecule has 0 aliphatic carbocycles. The van der Waals surface area contributed by atoms with Crippen LogP contribution < -0.4 is 4.90 Å². The molecule has 1 amide bonds. The Kier molecular flexibility index (Phi) is 2.91. The second-order valence-electron chi connectivity index (χ2n) is 6.30. The van der Waals surface area contributed by atoms with Crippen LogP contribution in [0.4, 0.5) is 11.4 Å². The summed E-state index contributed by atoms with van der Waals surface area (Å²) in [5, 5.41) is 2.29. The highest BCUT2D eigenvalue weighted by atomic mass is 35.5. The van der Waals surface area contributed by atoms with Crippen molar-refractivity contribution in [1.82, 2.24) is 4.98 Å². The maximum absolute atomic E-state index is 13.3. The minimum Gasteiger partial charge on any atom is -0.276 e. The number of carbonyl (C=O) groups excluding carboxylic acids is 1. The molecule has 25 heavy (non-hydrogen) atoms. The zero-order valence-corrected chi connectivity index (χ0v) is 14.2. The number of fused-ring (bicyclic) bond motifs is 2. The van der Waals surface area contributed by atoms with Crippen LogP contribution in [-0.2, 0) is 0 Å². The number of nitrogens with zero attached hydrogens (tertiary/aromatic N) is 2. The molecule has 0 bridgehead atoms. The predicted molar refractivity (Wildman–Crippen MR) is 102 cm³/mol. The molecule has 0 saturated heterocycles. The monoisotopic (exact) mass is 344 g/mol. The summed E-state index contributed by atoms with van der Waals surface area (Å²) in [7, 11) is 0. The molecule has 0 spiro atoms. The van der Waals surface area contributed by atoms with Gasteiger partial charge in [-0.15, -0.1) is 0 Å². The zero-order valence-electron chi connectivity index (χ0n) is 13.5. The lowest BCUT2D eigenvalue weighted by atomic mass is 10.0. The average molecular weight is 345 g/mol. The summed E-state index contributed by atoms with van der Waals surface area (Å²) in [6, 6.07) is 19.3. The van der Waals surface area contributed by atoms with Gasteiger partial charge in [-0.2, -0.15) is 0 Å². The van der Waals surface area contributed by atoms with E-state index in [2.05, 4.69) is 0 Å². The Bertz CT molecular complexity index is 1180. The van der Waals surface area contributed by atoms with E-state index in [0.29, 0.717) is 10.6 Å². The van der Waals surface area contributed by atoms with Gasteiger partial charge >= 0.3 is 0 Å². The number of hydrogen-bond donors (Lipinski definition) is 0. The minimum absolute atomic E-state index is 0.0373. The van der Waals surface area contributed by atoms with Crippen LogP contribution in [0.1, 0.15) is 15.9 Å². The van der Waals surface area contributed by atoms with E-state index in [9.17, 15) is 4.79 Å². The summed E-state index contributed by atoms with van der Waals surface area (Å²) >= 11 is 6.18. The fraction of sp³-hybridized carbons (Fsp3) is 0.0476. The third-order valence-corrected chi connectivity index (χ3v) is 4.92. The Morgan fingerprint density at radius 2 is 1.76 bits per heavy atom. The first kappa shape index (κ1) is 14.4. The number of benzene rings is 3. The topological polar surface area (TPSA) is 33.2 Å². The van der Waals surface area contributed by atoms with E-state index < -0.39 is 0 Å². The molecule has 0 atom stereocenters. The summed E-state index contributed by atoms with van der Waals surface area (Å²) in [4.78, 5) is 19.8. The van der Waals surface area contributed by atoms with Crippen LogP contribution in [0.25, 0.3) is 21.8 Å². The van der Waals surface area contributed by atoms with Crippen LogP contribution in [0, 0.1) is 6.92 Å². The van der Waals surface area contributed by atoms with Gasteiger partial charge in [-0.3, -0.25) is 9.69 Å². The number of carbonyl (C=O) groups is 1. The van der Waals surface area contributed by atoms with Gasteiger partial charge in [0.2, 0.25) is 0 Å². The quantitative estimate of drug-likeness (QED) is 0.418. The lowest BCUT2D eigenvalue weighted by Gasteiger charge is -2.17. The van der Waals surface area contributed by atoms with Crippen molar-refractivity contribution < 1.29 is 4.79 Å². The first-order valence-electron chi connectivity index (χ1n) is 8.06. The number of halogens is 1. The fourth-order valence-corrected chi connectivity index (χ4v) is 3.70. The standard InChI is InChI=1S/C21H13ClN2O/c1-12-5-8-14(9-6-12)24-18-4-2-3-17-20(18)19(21(24)25)15-11-13(22)7-10-16(15)23-17/h2-11H,1H3. The number of aromatic nitrogens is 1. The molecule has 3 nitrogen and oxygen atoms in total. The molecule has 5 rings (SSSR count). The lowest BCUT2D eigenvalue weighted by molar-refractivity contribution is 0.101. The Morgan fingerprint density at radius 1 is 0.960 bits per heavy atom. The van der Waals surface area contributed by atoms with Crippen molar-refractivity contribution in [2.45, 2.75) is 6.92 Å². The largest absolute Gasteiger partial charge is 0.276 e. The molecule has 2 heterocycles. The van der Waals surface area contributed by atoms with Gasteiger partial charge < -0.3 is 0 Å². The lowest BCUT2D eigenvalue weighted by Crippen LogP contribution is -2.20. The molecule has 1 aromatic heterocycles. The predicted octanol–water partition coefficient (Wildman–Crippen LogP) is 5.64. The number of hydrogen-bond acceptors (Lipinski definition) is 2. The normalized spacial score (nSPS) is 13.2. The maximum atomic E-state index is 13.3. The van der Waals surface area contributed by atoms with Crippen molar-refractivity contribution in [2.75, 3.05) is 4.90 Å². The van der Waals surface area contributed by atoms with E-state index in [1.54, 1.807) is 11.0 Å². The molecule has 1 aliphatic heterocycles. The zero-order chi connectivity index (χ0) is 17.1. The molecule has 0 fully saturated rings. The molecule has 4 aromatic rings. The number of aryl methyl sites for hydroxylation is 1. The first-order chi connectivity index (χ1) is 12.1. The van der Waals surface area contributed by atoms with Gasteiger partial charge in [-0.1, -0.05) is 35.4 Å². The van der Waals surface area contributed by atoms with Crippen LogP contribution in [0.15, 0.2) is 60.7 Å². The molecule has 120 valence electrons. The Labute approximate surface area is 149 Å². The summed E-state index contributed by atoms with van der Waals surface area (Å²) in [5.41, 5.74) is 5.17. The first-order valence-corrected chi connectivity index (χ1v) is 8.44. The fourth-order valence-electron chi connectivity index (χ4n) is 3.53. The maximum Gasteiger partial charge on any atom is 0.264 e. The van der Waals surface area contributed by atoms with Gasteiger partial charge in [0.05, 0.1) is 22.3 Å².